The molecule has 0 radical (unpaired) electrons. The number of carbonyl (C=O) groups is 1. The summed E-state index contributed by atoms with van der Waals surface area (Å²) in [6.45, 7) is 3.29. The summed E-state index contributed by atoms with van der Waals surface area (Å²) in [5.41, 5.74) is 5.39. The van der Waals surface area contributed by atoms with Crippen molar-refractivity contribution in [3.8, 4) is 0 Å². The molecule has 0 aromatic carbocycles. The van der Waals surface area contributed by atoms with Gasteiger partial charge in [0, 0.05) is 19.3 Å². The highest BCUT2D eigenvalue weighted by molar-refractivity contribution is 5.75. The smallest absolute Gasteiger partial charge is 0.310 e. The van der Waals surface area contributed by atoms with Crippen LogP contribution in [0.15, 0.2) is 0 Å². The minimum absolute atomic E-state index is 0.130. The van der Waals surface area contributed by atoms with E-state index >= 15 is 0 Å². The second-order valence-electron chi connectivity index (χ2n) is 5.32. The lowest BCUT2D eigenvalue weighted by molar-refractivity contribution is -0.149. The second kappa shape index (κ2) is 3.46. The minimum Gasteiger partial charge on any atom is -0.481 e. The summed E-state index contributed by atoms with van der Waals surface area (Å²) < 4.78 is 5.33. The van der Waals surface area contributed by atoms with Gasteiger partial charge in [0.15, 0.2) is 0 Å². The molecule has 86 valence electrons. The zero-order valence-corrected chi connectivity index (χ0v) is 9.16. The molecular weight excluding hydrogens is 194 g/mol. The fraction of sp³-hybridized carbons (Fsp3) is 0.909. The zero-order valence-electron chi connectivity index (χ0n) is 9.16. The Labute approximate surface area is 89.8 Å². The molecule has 0 bridgehead atoms. The van der Waals surface area contributed by atoms with Crippen LogP contribution in [0.5, 0.6) is 0 Å². The van der Waals surface area contributed by atoms with Gasteiger partial charge in [0.05, 0.1) is 5.41 Å². The van der Waals surface area contributed by atoms with E-state index in [9.17, 15) is 9.90 Å². The standard InChI is InChI=1S/C11H19NO3/c1-10(9(13)14)7-11(6-8(10)12)2-4-15-5-3-11/h8H,2-7,12H2,1H3,(H,13,14). The Kier molecular flexibility index (Phi) is 2.51. The van der Waals surface area contributed by atoms with Gasteiger partial charge >= 0.3 is 5.97 Å². The second-order valence-corrected chi connectivity index (χ2v) is 5.32. The van der Waals surface area contributed by atoms with E-state index in [0.717, 1.165) is 32.5 Å². The van der Waals surface area contributed by atoms with Crippen LogP contribution in [-0.4, -0.2) is 30.3 Å². The van der Waals surface area contributed by atoms with E-state index in [1.165, 1.54) is 0 Å². The van der Waals surface area contributed by atoms with Gasteiger partial charge in [-0.05, 0) is 38.0 Å². The Morgan fingerprint density at radius 1 is 1.47 bits per heavy atom. The van der Waals surface area contributed by atoms with Crippen molar-refractivity contribution >= 4 is 5.97 Å². The average molecular weight is 213 g/mol. The van der Waals surface area contributed by atoms with E-state index in [-0.39, 0.29) is 11.5 Å². The maximum absolute atomic E-state index is 11.2. The summed E-state index contributed by atoms with van der Waals surface area (Å²) in [6.07, 6.45) is 3.46. The zero-order chi connectivity index (χ0) is 11.1. The lowest BCUT2D eigenvalue weighted by Gasteiger charge is -2.34. The van der Waals surface area contributed by atoms with Crippen molar-refractivity contribution in [2.45, 2.75) is 38.6 Å². The number of carboxylic acids is 1. The van der Waals surface area contributed by atoms with Crippen molar-refractivity contribution in [2.24, 2.45) is 16.6 Å². The van der Waals surface area contributed by atoms with Gasteiger partial charge in [-0.15, -0.1) is 0 Å². The predicted octanol–water partition coefficient (Wildman–Crippen LogP) is 0.995. The molecule has 1 saturated heterocycles. The molecule has 0 aromatic heterocycles. The summed E-state index contributed by atoms with van der Waals surface area (Å²) in [7, 11) is 0. The Bertz CT molecular complexity index is 273. The molecule has 1 aliphatic carbocycles. The van der Waals surface area contributed by atoms with Crippen molar-refractivity contribution < 1.29 is 14.6 Å². The quantitative estimate of drug-likeness (QED) is 0.681. The highest BCUT2D eigenvalue weighted by Crippen LogP contribution is 2.53. The van der Waals surface area contributed by atoms with Crippen LogP contribution in [0.25, 0.3) is 0 Å². The SMILES string of the molecule is CC1(C(=O)O)CC2(CCOCC2)CC1N. The highest BCUT2D eigenvalue weighted by Gasteiger charge is 2.54. The molecule has 2 aliphatic rings. The first-order valence-electron chi connectivity index (χ1n) is 5.55. The molecule has 1 heterocycles. The highest BCUT2D eigenvalue weighted by atomic mass is 16.5. The molecule has 1 spiro atoms. The van der Waals surface area contributed by atoms with E-state index in [2.05, 4.69) is 0 Å². The van der Waals surface area contributed by atoms with Crippen LogP contribution in [0.3, 0.4) is 0 Å². The summed E-state index contributed by atoms with van der Waals surface area (Å²) in [5.74, 6) is -0.752. The maximum Gasteiger partial charge on any atom is 0.310 e. The molecule has 4 heteroatoms. The van der Waals surface area contributed by atoms with Crippen LogP contribution < -0.4 is 5.73 Å². The molecule has 2 atom stereocenters. The van der Waals surface area contributed by atoms with E-state index in [1.807, 2.05) is 0 Å². The summed E-state index contributed by atoms with van der Waals surface area (Å²) in [4.78, 5) is 11.2. The van der Waals surface area contributed by atoms with Gasteiger partial charge in [0.25, 0.3) is 0 Å². The van der Waals surface area contributed by atoms with Gasteiger partial charge in [0.1, 0.15) is 0 Å². The van der Waals surface area contributed by atoms with Crippen LogP contribution in [0.4, 0.5) is 0 Å². The normalized spacial score (nSPS) is 39.5. The predicted molar refractivity (Wildman–Crippen MR) is 55.4 cm³/mol. The molecule has 2 fully saturated rings. The fourth-order valence-electron chi connectivity index (χ4n) is 3.09. The lowest BCUT2D eigenvalue weighted by atomic mass is 9.75. The molecule has 3 N–H and O–H groups in total. The third-order valence-electron chi connectivity index (χ3n) is 4.26. The Morgan fingerprint density at radius 2 is 2.07 bits per heavy atom. The summed E-state index contributed by atoms with van der Waals surface area (Å²) in [6, 6.07) is -0.215. The van der Waals surface area contributed by atoms with Crippen LogP contribution in [0, 0.1) is 10.8 Å². The minimum atomic E-state index is -0.752. The molecular formula is C11H19NO3. The van der Waals surface area contributed by atoms with E-state index in [1.54, 1.807) is 6.92 Å². The Balaban J connectivity index is 2.18. The van der Waals surface area contributed by atoms with Gasteiger partial charge in [-0.3, -0.25) is 4.79 Å². The maximum atomic E-state index is 11.2. The van der Waals surface area contributed by atoms with E-state index in [4.69, 9.17) is 10.5 Å². The van der Waals surface area contributed by atoms with Crippen molar-refractivity contribution in [1.82, 2.24) is 0 Å². The van der Waals surface area contributed by atoms with Crippen LogP contribution in [0.2, 0.25) is 0 Å². The first-order valence-corrected chi connectivity index (χ1v) is 5.55. The summed E-state index contributed by atoms with van der Waals surface area (Å²) >= 11 is 0. The molecule has 0 aromatic rings. The third-order valence-corrected chi connectivity index (χ3v) is 4.26. The average Bonchev–Trinajstić information content (AvgIpc) is 2.41. The first kappa shape index (κ1) is 10.9. The van der Waals surface area contributed by atoms with Crippen LogP contribution in [-0.2, 0) is 9.53 Å². The number of hydrogen-bond acceptors (Lipinski definition) is 3. The molecule has 2 unspecified atom stereocenters. The number of carboxylic acid groups (broad SMARTS) is 1. The van der Waals surface area contributed by atoms with Crippen molar-refractivity contribution in [3.05, 3.63) is 0 Å². The Morgan fingerprint density at radius 3 is 2.53 bits per heavy atom. The van der Waals surface area contributed by atoms with Gasteiger partial charge in [0.2, 0.25) is 0 Å². The van der Waals surface area contributed by atoms with Crippen molar-refractivity contribution in [1.29, 1.82) is 0 Å². The van der Waals surface area contributed by atoms with Gasteiger partial charge < -0.3 is 15.6 Å². The monoisotopic (exact) mass is 213 g/mol. The topological polar surface area (TPSA) is 72.5 Å². The fourth-order valence-corrected chi connectivity index (χ4v) is 3.09. The van der Waals surface area contributed by atoms with Gasteiger partial charge in [-0.2, -0.15) is 0 Å². The molecule has 1 saturated carbocycles. The molecule has 0 amide bonds. The van der Waals surface area contributed by atoms with Crippen LogP contribution in [0.1, 0.15) is 32.6 Å². The Hall–Kier alpha value is -0.610. The molecule has 2 rings (SSSR count). The van der Waals surface area contributed by atoms with Gasteiger partial charge in [-0.25, -0.2) is 0 Å². The number of ether oxygens (including phenoxy) is 1. The largest absolute Gasteiger partial charge is 0.481 e. The van der Waals surface area contributed by atoms with E-state index < -0.39 is 11.4 Å². The third kappa shape index (κ3) is 1.66. The van der Waals surface area contributed by atoms with Crippen molar-refractivity contribution in [2.75, 3.05) is 13.2 Å². The molecule has 15 heavy (non-hydrogen) atoms. The number of hydrogen-bond donors (Lipinski definition) is 2. The molecule has 4 nitrogen and oxygen atoms in total. The van der Waals surface area contributed by atoms with E-state index in [0.29, 0.717) is 6.42 Å². The van der Waals surface area contributed by atoms with Gasteiger partial charge in [-0.1, -0.05) is 0 Å². The van der Waals surface area contributed by atoms with Crippen molar-refractivity contribution in [3.63, 3.8) is 0 Å². The first-order chi connectivity index (χ1) is 6.99. The van der Waals surface area contributed by atoms with Crippen LogP contribution >= 0.6 is 0 Å². The lowest BCUT2D eigenvalue weighted by Crippen LogP contribution is -2.40. The molecule has 1 aliphatic heterocycles. The number of nitrogens with two attached hydrogens (primary N) is 1. The summed E-state index contributed by atoms with van der Waals surface area (Å²) in [5, 5.41) is 9.25. The number of aliphatic carboxylic acids is 1. The number of rotatable bonds is 1.